The van der Waals surface area contributed by atoms with Gasteiger partial charge in [0.05, 0.1) is 13.2 Å². The van der Waals surface area contributed by atoms with Crippen LogP contribution in [0.2, 0.25) is 0 Å². The molecule has 1 atom stereocenters. The minimum atomic E-state index is -0.325. The lowest BCUT2D eigenvalue weighted by Gasteiger charge is -2.27. The molecule has 1 aromatic rings. The summed E-state index contributed by atoms with van der Waals surface area (Å²) in [6, 6.07) is 4.31. The normalized spacial score (nSPS) is 19.6. The van der Waals surface area contributed by atoms with Crippen LogP contribution >= 0.6 is 0 Å². The number of ether oxygens (including phenoxy) is 1. The van der Waals surface area contributed by atoms with E-state index in [0.29, 0.717) is 31.0 Å². The number of rotatable bonds is 2. The van der Waals surface area contributed by atoms with Crippen LogP contribution in [0.15, 0.2) is 18.2 Å². The summed E-state index contributed by atoms with van der Waals surface area (Å²) in [5, 5.41) is 3.11. The molecule has 0 spiro atoms. The number of carbonyl (C=O) groups excluding carboxylic acids is 1. The van der Waals surface area contributed by atoms with Crippen molar-refractivity contribution in [1.29, 1.82) is 0 Å². The SMILES string of the molecule is Cc1cc(N(C)C(=O)C2COCCN2)ccc1F. The summed E-state index contributed by atoms with van der Waals surface area (Å²) in [6.07, 6.45) is 0. The Bertz CT molecular complexity index is 445. The summed E-state index contributed by atoms with van der Waals surface area (Å²) in [4.78, 5) is 13.7. The Labute approximate surface area is 106 Å². The third-order valence-electron chi connectivity index (χ3n) is 3.08. The van der Waals surface area contributed by atoms with Crippen LogP contribution in [-0.4, -0.2) is 38.8 Å². The molecule has 0 aliphatic carbocycles. The van der Waals surface area contributed by atoms with Crippen molar-refractivity contribution in [3.05, 3.63) is 29.6 Å². The molecule has 1 aliphatic heterocycles. The molecule has 1 unspecified atom stereocenters. The predicted molar refractivity (Wildman–Crippen MR) is 67.2 cm³/mol. The van der Waals surface area contributed by atoms with Gasteiger partial charge in [-0.1, -0.05) is 0 Å². The quantitative estimate of drug-likeness (QED) is 0.856. The second-order valence-corrected chi connectivity index (χ2v) is 4.41. The molecule has 5 heteroatoms. The largest absolute Gasteiger partial charge is 0.378 e. The molecule has 98 valence electrons. The monoisotopic (exact) mass is 252 g/mol. The van der Waals surface area contributed by atoms with Gasteiger partial charge in [-0.25, -0.2) is 4.39 Å². The standard InChI is InChI=1S/C13H17FN2O2/c1-9-7-10(3-4-11(9)14)16(2)13(17)12-8-18-6-5-15-12/h3-4,7,12,15H,5-6,8H2,1-2H3. The maximum absolute atomic E-state index is 13.2. The molecule has 1 fully saturated rings. The fourth-order valence-electron chi connectivity index (χ4n) is 1.92. The van der Waals surface area contributed by atoms with Crippen molar-refractivity contribution in [2.24, 2.45) is 0 Å². The minimum absolute atomic E-state index is 0.0688. The number of anilines is 1. The molecule has 1 aromatic carbocycles. The molecule has 1 amide bonds. The fourth-order valence-corrected chi connectivity index (χ4v) is 1.92. The summed E-state index contributed by atoms with van der Waals surface area (Å²) < 4.78 is 18.4. The third-order valence-corrected chi connectivity index (χ3v) is 3.08. The summed E-state index contributed by atoms with van der Waals surface area (Å²) in [5.74, 6) is -0.334. The average molecular weight is 252 g/mol. The van der Waals surface area contributed by atoms with Crippen LogP contribution in [0.4, 0.5) is 10.1 Å². The van der Waals surface area contributed by atoms with Gasteiger partial charge in [-0.3, -0.25) is 4.79 Å². The van der Waals surface area contributed by atoms with Gasteiger partial charge in [0.25, 0.3) is 0 Å². The maximum Gasteiger partial charge on any atom is 0.246 e. The van der Waals surface area contributed by atoms with Crippen molar-refractivity contribution in [3.8, 4) is 0 Å². The highest BCUT2D eigenvalue weighted by Crippen LogP contribution is 2.18. The van der Waals surface area contributed by atoms with Crippen molar-refractivity contribution in [1.82, 2.24) is 5.32 Å². The first-order valence-corrected chi connectivity index (χ1v) is 5.94. The molecule has 1 N–H and O–H groups in total. The highest BCUT2D eigenvalue weighted by atomic mass is 19.1. The van der Waals surface area contributed by atoms with Crippen molar-refractivity contribution >= 4 is 11.6 Å². The number of benzene rings is 1. The van der Waals surface area contributed by atoms with Crippen molar-refractivity contribution in [2.45, 2.75) is 13.0 Å². The van der Waals surface area contributed by atoms with Crippen LogP contribution in [0.5, 0.6) is 0 Å². The Hall–Kier alpha value is -1.46. The highest BCUT2D eigenvalue weighted by Gasteiger charge is 2.25. The molecule has 1 saturated heterocycles. The van der Waals surface area contributed by atoms with Crippen molar-refractivity contribution in [2.75, 3.05) is 31.7 Å². The van der Waals surface area contributed by atoms with Gasteiger partial charge < -0.3 is 15.0 Å². The molecule has 0 saturated carbocycles. The van der Waals surface area contributed by atoms with Crippen LogP contribution in [0, 0.1) is 12.7 Å². The number of morpholine rings is 1. The topological polar surface area (TPSA) is 41.6 Å². The number of halogens is 1. The second kappa shape index (κ2) is 5.46. The van der Waals surface area contributed by atoms with Gasteiger partial charge in [0, 0.05) is 19.3 Å². The Morgan fingerprint density at radius 3 is 2.94 bits per heavy atom. The molecular weight excluding hydrogens is 235 g/mol. The fraction of sp³-hybridized carbons (Fsp3) is 0.462. The van der Waals surface area contributed by atoms with E-state index in [4.69, 9.17) is 4.74 Å². The molecule has 0 bridgehead atoms. The first-order valence-electron chi connectivity index (χ1n) is 5.94. The van der Waals surface area contributed by atoms with E-state index in [0.717, 1.165) is 0 Å². The number of likely N-dealkylation sites (N-methyl/N-ethyl adjacent to an activating group) is 1. The number of aryl methyl sites for hydroxylation is 1. The van der Waals surface area contributed by atoms with Crippen molar-refractivity contribution < 1.29 is 13.9 Å². The summed E-state index contributed by atoms with van der Waals surface area (Å²) >= 11 is 0. The zero-order valence-corrected chi connectivity index (χ0v) is 10.6. The molecule has 1 aliphatic rings. The second-order valence-electron chi connectivity index (χ2n) is 4.41. The van der Waals surface area contributed by atoms with Crippen molar-refractivity contribution in [3.63, 3.8) is 0 Å². The average Bonchev–Trinajstić information content (AvgIpc) is 2.41. The number of hydrogen-bond donors (Lipinski definition) is 1. The number of amides is 1. The number of hydrogen-bond acceptors (Lipinski definition) is 3. The van der Waals surface area contributed by atoms with Gasteiger partial charge in [0.2, 0.25) is 5.91 Å². The third kappa shape index (κ3) is 2.68. The summed E-state index contributed by atoms with van der Waals surface area (Å²) in [7, 11) is 1.69. The van der Waals surface area contributed by atoms with Crippen LogP contribution in [-0.2, 0) is 9.53 Å². The van der Waals surface area contributed by atoms with E-state index in [-0.39, 0.29) is 17.8 Å². The first-order chi connectivity index (χ1) is 8.59. The van der Waals surface area contributed by atoms with Gasteiger partial charge in [0.15, 0.2) is 0 Å². The number of nitrogens with one attached hydrogen (secondary N) is 1. The molecule has 2 rings (SSSR count). The van der Waals surface area contributed by atoms with E-state index < -0.39 is 0 Å². The van der Waals surface area contributed by atoms with E-state index in [1.54, 1.807) is 26.1 Å². The van der Waals surface area contributed by atoms with Gasteiger partial charge in [-0.15, -0.1) is 0 Å². The molecule has 18 heavy (non-hydrogen) atoms. The van der Waals surface area contributed by atoms with Gasteiger partial charge in [-0.2, -0.15) is 0 Å². The van der Waals surface area contributed by atoms with Gasteiger partial charge >= 0.3 is 0 Å². The zero-order chi connectivity index (χ0) is 13.1. The molecular formula is C13H17FN2O2. The van der Waals surface area contributed by atoms with E-state index >= 15 is 0 Å². The van der Waals surface area contributed by atoms with Gasteiger partial charge in [-0.05, 0) is 30.7 Å². The molecule has 1 heterocycles. The lowest BCUT2D eigenvalue weighted by Crippen LogP contribution is -2.51. The molecule has 0 aromatic heterocycles. The Morgan fingerprint density at radius 1 is 1.56 bits per heavy atom. The molecule has 4 nitrogen and oxygen atoms in total. The van der Waals surface area contributed by atoms with E-state index in [9.17, 15) is 9.18 Å². The number of nitrogens with zero attached hydrogens (tertiary/aromatic N) is 1. The van der Waals surface area contributed by atoms with Crippen LogP contribution in [0.3, 0.4) is 0 Å². The predicted octanol–water partition coefficient (Wildman–Crippen LogP) is 1.09. The van der Waals surface area contributed by atoms with E-state index in [1.807, 2.05) is 0 Å². The first kappa shape index (κ1) is 13.0. The molecule has 0 radical (unpaired) electrons. The Kier molecular flexibility index (Phi) is 3.93. The van der Waals surface area contributed by atoms with Gasteiger partial charge in [0.1, 0.15) is 11.9 Å². The lowest BCUT2D eigenvalue weighted by atomic mass is 10.1. The maximum atomic E-state index is 13.2. The van der Waals surface area contributed by atoms with Crippen LogP contribution < -0.4 is 10.2 Å². The minimum Gasteiger partial charge on any atom is -0.378 e. The summed E-state index contributed by atoms with van der Waals surface area (Å²) in [6.45, 7) is 3.36. The lowest BCUT2D eigenvalue weighted by molar-refractivity contribution is -0.123. The summed E-state index contributed by atoms with van der Waals surface area (Å²) in [5.41, 5.74) is 1.21. The number of carbonyl (C=O) groups is 1. The Balaban J connectivity index is 2.11. The Morgan fingerprint density at radius 2 is 2.33 bits per heavy atom. The highest BCUT2D eigenvalue weighted by molar-refractivity contribution is 5.96. The van der Waals surface area contributed by atoms with Crippen LogP contribution in [0.1, 0.15) is 5.56 Å². The smallest absolute Gasteiger partial charge is 0.246 e. The van der Waals surface area contributed by atoms with E-state index in [2.05, 4.69) is 5.32 Å². The van der Waals surface area contributed by atoms with Crippen LogP contribution in [0.25, 0.3) is 0 Å². The van der Waals surface area contributed by atoms with E-state index in [1.165, 1.54) is 11.0 Å². The zero-order valence-electron chi connectivity index (χ0n) is 10.6.